The summed E-state index contributed by atoms with van der Waals surface area (Å²) in [6.07, 6.45) is 1.58. The van der Waals surface area contributed by atoms with E-state index in [0.29, 0.717) is 30.5 Å². The monoisotopic (exact) mass is 276 g/mol. The maximum absolute atomic E-state index is 11.9. The normalized spacial score (nSPS) is 20.3. The molecule has 5 nitrogen and oxygen atoms in total. The van der Waals surface area contributed by atoms with Gasteiger partial charge in [0, 0.05) is 19.6 Å². The van der Waals surface area contributed by atoms with E-state index < -0.39 is 5.97 Å². The molecular formula is C15H20N2O3. The predicted octanol–water partition coefficient (Wildman–Crippen LogP) is 1.98. The summed E-state index contributed by atoms with van der Waals surface area (Å²) < 4.78 is 0. The first-order chi connectivity index (χ1) is 9.49. The Bertz CT molecular complexity index is 516. The first kappa shape index (κ1) is 14.4. The molecule has 0 aliphatic heterocycles. The summed E-state index contributed by atoms with van der Waals surface area (Å²) in [7, 11) is 1.73. The smallest absolute Gasteiger partial charge is 0.335 e. The van der Waals surface area contributed by atoms with Gasteiger partial charge in [-0.2, -0.15) is 0 Å². The molecule has 1 aliphatic rings. The molecule has 5 heteroatoms. The Morgan fingerprint density at radius 2 is 2.05 bits per heavy atom. The van der Waals surface area contributed by atoms with Crippen molar-refractivity contribution in [2.75, 3.05) is 13.6 Å². The molecule has 1 fully saturated rings. The van der Waals surface area contributed by atoms with Crippen LogP contribution in [0.2, 0.25) is 0 Å². The van der Waals surface area contributed by atoms with Gasteiger partial charge in [-0.15, -0.1) is 0 Å². The minimum absolute atomic E-state index is 0.0906. The van der Waals surface area contributed by atoms with Gasteiger partial charge in [-0.3, -0.25) is 0 Å². The van der Waals surface area contributed by atoms with E-state index in [4.69, 9.17) is 5.11 Å². The molecule has 108 valence electrons. The van der Waals surface area contributed by atoms with Gasteiger partial charge in [0.15, 0.2) is 0 Å². The molecule has 2 unspecified atom stereocenters. The van der Waals surface area contributed by atoms with Crippen molar-refractivity contribution in [3.8, 4) is 0 Å². The Morgan fingerprint density at radius 3 is 2.65 bits per heavy atom. The van der Waals surface area contributed by atoms with Gasteiger partial charge in [-0.25, -0.2) is 9.59 Å². The van der Waals surface area contributed by atoms with Crippen LogP contribution in [0.25, 0.3) is 0 Å². The van der Waals surface area contributed by atoms with Crippen molar-refractivity contribution in [1.29, 1.82) is 0 Å². The lowest BCUT2D eigenvalue weighted by Crippen LogP contribution is -2.40. The number of benzene rings is 1. The van der Waals surface area contributed by atoms with Gasteiger partial charge in [0.2, 0.25) is 0 Å². The second kappa shape index (κ2) is 5.94. The summed E-state index contributed by atoms with van der Waals surface area (Å²) >= 11 is 0. The largest absolute Gasteiger partial charge is 0.478 e. The maximum Gasteiger partial charge on any atom is 0.335 e. The van der Waals surface area contributed by atoms with E-state index in [9.17, 15) is 9.59 Å². The average molecular weight is 276 g/mol. The summed E-state index contributed by atoms with van der Waals surface area (Å²) in [6, 6.07) is 7.11. The summed E-state index contributed by atoms with van der Waals surface area (Å²) in [6.45, 7) is 2.60. The highest BCUT2D eigenvalue weighted by atomic mass is 16.4. The highest BCUT2D eigenvalue weighted by molar-refractivity contribution is 5.89. The molecule has 1 aromatic rings. The molecule has 20 heavy (non-hydrogen) atoms. The molecular weight excluding hydrogens is 256 g/mol. The summed E-state index contributed by atoms with van der Waals surface area (Å²) in [4.78, 5) is 24.6. The molecule has 0 radical (unpaired) electrons. The van der Waals surface area contributed by atoms with Crippen LogP contribution in [-0.4, -0.2) is 41.6 Å². The summed E-state index contributed by atoms with van der Waals surface area (Å²) in [5, 5.41) is 12.1. The van der Waals surface area contributed by atoms with E-state index in [2.05, 4.69) is 12.2 Å². The third-order valence-electron chi connectivity index (χ3n) is 3.73. The highest BCUT2D eigenvalue weighted by Gasteiger charge is 2.34. The number of likely N-dealkylation sites (N-methyl/N-ethyl adjacent to an activating group) is 1. The van der Waals surface area contributed by atoms with E-state index >= 15 is 0 Å². The maximum atomic E-state index is 11.9. The van der Waals surface area contributed by atoms with Gasteiger partial charge in [0.1, 0.15) is 0 Å². The number of nitrogens with zero attached hydrogens (tertiary/aromatic N) is 1. The van der Waals surface area contributed by atoms with Gasteiger partial charge in [0.05, 0.1) is 5.56 Å². The number of hydrogen-bond donors (Lipinski definition) is 2. The zero-order valence-electron chi connectivity index (χ0n) is 11.8. The Hall–Kier alpha value is -2.04. The molecule has 1 saturated carbocycles. The molecule has 2 amide bonds. The third kappa shape index (κ3) is 3.50. The average Bonchev–Trinajstić information content (AvgIpc) is 3.11. The molecule has 0 bridgehead atoms. The van der Waals surface area contributed by atoms with E-state index in [1.807, 2.05) is 6.07 Å². The van der Waals surface area contributed by atoms with Crippen LogP contribution in [-0.2, 0) is 6.42 Å². The number of carbonyl (C=O) groups is 2. The van der Waals surface area contributed by atoms with Crippen LogP contribution in [0.1, 0.15) is 29.3 Å². The Labute approximate surface area is 118 Å². The van der Waals surface area contributed by atoms with Crippen LogP contribution < -0.4 is 5.32 Å². The van der Waals surface area contributed by atoms with E-state index in [-0.39, 0.29) is 6.03 Å². The number of aromatic carboxylic acids is 1. The highest BCUT2D eigenvalue weighted by Crippen LogP contribution is 2.28. The van der Waals surface area contributed by atoms with Gasteiger partial charge in [-0.05, 0) is 30.4 Å². The molecule has 0 heterocycles. The number of urea groups is 1. The summed E-state index contributed by atoms with van der Waals surface area (Å²) in [5.41, 5.74) is 1.05. The van der Waals surface area contributed by atoms with Crippen molar-refractivity contribution in [1.82, 2.24) is 10.2 Å². The predicted molar refractivity (Wildman–Crippen MR) is 75.8 cm³/mol. The van der Waals surface area contributed by atoms with E-state index in [0.717, 1.165) is 12.0 Å². The number of rotatable bonds is 5. The van der Waals surface area contributed by atoms with Crippen LogP contribution in [0.4, 0.5) is 4.79 Å². The fourth-order valence-electron chi connectivity index (χ4n) is 2.13. The number of nitrogens with one attached hydrogen (secondary N) is 1. The number of carboxylic acid groups (broad SMARTS) is 1. The zero-order chi connectivity index (χ0) is 14.7. The SMILES string of the molecule is CC1CC1NC(=O)N(C)CCc1ccccc1C(=O)O. The van der Waals surface area contributed by atoms with Crippen molar-refractivity contribution < 1.29 is 14.7 Å². The minimum Gasteiger partial charge on any atom is -0.478 e. The Kier molecular flexibility index (Phi) is 4.27. The van der Waals surface area contributed by atoms with Crippen molar-refractivity contribution in [2.24, 2.45) is 5.92 Å². The molecule has 2 rings (SSSR count). The Balaban J connectivity index is 1.88. The van der Waals surface area contributed by atoms with Gasteiger partial charge < -0.3 is 15.3 Å². The van der Waals surface area contributed by atoms with Crippen LogP contribution in [0.3, 0.4) is 0 Å². The van der Waals surface area contributed by atoms with Crippen molar-refractivity contribution in [3.63, 3.8) is 0 Å². The lowest BCUT2D eigenvalue weighted by molar-refractivity contribution is 0.0695. The lowest BCUT2D eigenvalue weighted by Gasteiger charge is -2.18. The van der Waals surface area contributed by atoms with Crippen LogP contribution in [0.5, 0.6) is 0 Å². The van der Waals surface area contributed by atoms with Gasteiger partial charge in [0.25, 0.3) is 0 Å². The molecule has 0 saturated heterocycles. The number of carbonyl (C=O) groups excluding carboxylic acids is 1. The lowest BCUT2D eigenvalue weighted by atomic mass is 10.0. The molecule has 1 aliphatic carbocycles. The van der Waals surface area contributed by atoms with Crippen LogP contribution in [0, 0.1) is 5.92 Å². The summed E-state index contributed by atoms with van der Waals surface area (Å²) in [5.74, 6) is -0.361. The van der Waals surface area contributed by atoms with Crippen molar-refractivity contribution in [3.05, 3.63) is 35.4 Å². The van der Waals surface area contributed by atoms with E-state index in [1.54, 1.807) is 30.1 Å². The van der Waals surface area contributed by atoms with Crippen molar-refractivity contribution in [2.45, 2.75) is 25.8 Å². The topological polar surface area (TPSA) is 69.6 Å². The standard InChI is InChI=1S/C15H20N2O3/c1-10-9-13(10)16-15(20)17(2)8-7-11-5-3-4-6-12(11)14(18)19/h3-6,10,13H,7-9H2,1-2H3,(H,16,20)(H,18,19). The molecule has 2 N–H and O–H groups in total. The van der Waals surface area contributed by atoms with E-state index in [1.165, 1.54) is 0 Å². The third-order valence-corrected chi connectivity index (χ3v) is 3.73. The second-order valence-corrected chi connectivity index (χ2v) is 5.40. The van der Waals surface area contributed by atoms with Gasteiger partial charge in [-0.1, -0.05) is 25.1 Å². The van der Waals surface area contributed by atoms with Gasteiger partial charge >= 0.3 is 12.0 Å². The second-order valence-electron chi connectivity index (χ2n) is 5.40. The first-order valence-corrected chi connectivity index (χ1v) is 6.82. The molecule has 0 aromatic heterocycles. The molecule has 2 atom stereocenters. The number of carboxylic acids is 1. The zero-order valence-corrected chi connectivity index (χ0v) is 11.8. The Morgan fingerprint density at radius 1 is 1.40 bits per heavy atom. The fraction of sp³-hybridized carbons (Fsp3) is 0.467. The minimum atomic E-state index is -0.931. The quantitative estimate of drug-likeness (QED) is 0.864. The number of amides is 2. The first-order valence-electron chi connectivity index (χ1n) is 6.82. The fourth-order valence-corrected chi connectivity index (χ4v) is 2.13. The molecule has 0 spiro atoms. The van der Waals surface area contributed by atoms with Crippen molar-refractivity contribution >= 4 is 12.0 Å². The number of hydrogen-bond acceptors (Lipinski definition) is 2. The van der Waals surface area contributed by atoms with Crippen LogP contribution in [0.15, 0.2) is 24.3 Å². The molecule has 1 aromatic carbocycles. The van der Waals surface area contributed by atoms with Crippen LogP contribution >= 0.6 is 0 Å².